The van der Waals surface area contributed by atoms with Crippen LogP contribution >= 0.6 is 11.3 Å². The monoisotopic (exact) mass is 304 g/mol. The second kappa shape index (κ2) is 6.45. The van der Waals surface area contributed by atoms with E-state index in [2.05, 4.69) is 27.4 Å². The lowest BCUT2D eigenvalue weighted by atomic mass is 10.2. The molecule has 4 nitrogen and oxygen atoms in total. The van der Waals surface area contributed by atoms with E-state index in [1.54, 1.807) is 11.3 Å². The molecular weight excluding hydrogens is 284 g/mol. The van der Waals surface area contributed by atoms with E-state index in [4.69, 9.17) is 4.74 Å². The average molecular weight is 304 g/mol. The van der Waals surface area contributed by atoms with E-state index >= 15 is 0 Å². The van der Waals surface area contributed by atoms with Crippen LogP contribution in [0.4, 0.5) is 0 Å². The highest BCUT2D eigenvalue weighted by atomic mass is 32.1. The highest BCUT2D eigenvalue weighted by Gasteiger charge is 2.19. The fraction of sp³-hybridized carbons (Fsp3) is 0.438. The summed E-state index contributed by atoms with van der Waals surface area (Å²) in [6, 6.07) is 4.05. The lowest BCUT2D eigenvalue weighted by molar-refractivity contribution is 0.0851. The van der Waals surface area contributed by atoms with Crippen molar-refractivity contribution in [2.75, 3.05) is 13.2 Å². The number of carbonyl (C=O) groups is 1. The van der Waals surface area contributed by atoms with Crippen LogP contribution in [-0.4, -0.2) is 29.7 Å². The Hall–Kier alpha value is -1.59. The predicted molar refractivity (Wildman–Crippen MR) is 85.9 cm³/mol. The number of aromatic nitrogens is 1. The van der Waals surface area contributed by atoms with Gasteiger partial charge in [0.1, 0.15) is 5.69 Å². The topological polar surface area (TPSA) is 43.3 Å². The van der Waals surface area contributed by atoms with E-state index in [1.807, 2.05) is 19.1 Å². The molecule has 1 aliphatic rings. The molecule has 0 spiro atoms. The summed E-state index contributed by atoms with van der Waals surface area (Å²) in [5.74, 6) is -0.0154. The third-order valence-electron chi connectivity index (χ3n) is 3.79. The van der Waals surface area contributed by atoms with Gasteiger partial charge in [-0.15, -0.1) is 11.3 Å². The summed E-state index contributed by atoms with van der Waals surface area (Å²) >= 11 is 1.67. The molecule has 3 heterocycles. The van der Waals surface area contributed by atoms with Gasteiger partial charge in [0.25, 0.3) is 5.91 Å². The minimum Gasteiger partial charge on any atom is -0.376 e. The Labute approximate surface area is 128 Å². The SMILES string of the molecule is C/C=C/Cn1c(C(=O)NC[C@H]2CCCO2)cc2sccc21. The fourth-order valence-corrected chi connectivity index (χ4v) is 3.50. The van der Waals surface area contributed by atoms with Crippen molar-refractivity contribution in [3.8, 4) is 0 Å². The highest BCUT2D eigenvalue weighted by molar-refractivity contribution is 7.17. The minimum absolute atomic E-state index is 0.0154. The molecule has 0 radical (unpaired) electrons. The molecule has 2 aromatic heterocycles. The first kappa shape index (κ1) is 14.4. The molecule has 1 saturated heterocycles. The van der Waals surface area contributed by atoms with E-state index in [1.165, 1.54) is 0 Å². The van der Waals surface area contributed by atoms with Gasteiger partial charge in [-0.3, -0.25) is 4.79 Å². The van der Waals surface area contributed by atoms with Gasteiger partial charge in [0.2, 0.25) is 0 Å². The minimum atomic E-state index is -0.0154. The molecule has 21 heavy (non-hydrogen) atoms. The van der Waals surface area contributed by atoms with Crippen LogP contribution in [0, 0.1) is 0 Å². The van der Waals surface area contributed by atoms with Crippen LogP contribution < -0.4 is 5.32 Å². The maximum atomic E-state index is 12.4. The second-order valence-electron chi connectivity index (χ2n) is 5.22. The fourth-order valence-electron chi connectivity index (χ4n) is 2.68. The smallest absolute Gasteiger partial charge is 0.268 e. The number of hydrogen-bond donors (Lipinski definition) is 1. The Balaban J connectivity index is 1.77. The Morgan fingerprint density at radius 3 is 3.29 bits per heavy atom. The number of rotatable bonds is 5. The molecule has 1 fully saturated rings. The summed E-state index contributed by atoms with van der Waals surface area (Å²) in [7, 11) is 0. The number of hydrogen-bond acceptors (Lipinski definition) is 3. The molecule has 2 aromatic rings. The Morgan fingerprint density at radius 1 is 1.62 bits per heavy atom. The third kappa shape index (κ3) is 3.04. The summed E-state index contributed by atoms with van der Waals surface area (Å²) in [4.78, 5) is 12.4. The van der Waals surface area contributed by atoms with Gasteiger partial charge in [-0.25, -0.2) is 0 Å². The Bertz CT molecular complexity index is 650. The first-order chi connectivity index (χ1) is 10.3. The molecule has 0 aromatic carbocycles. The first-order valence-corrected chi connectivity index (χ1v) is 8.25. The number of carbonyl (C=O) groups excluding carboxylic acids is 1. The summed E-state index contributed by atoms with van der Waals surface area (Å²) < 4.78 is 8.77. The van der Waals surface area contributed by atoms with Crippen LogP contribution in [0.25, 0.3) is 10.2 Å². The molecule has 5 heteroatoms. The molecule has 1 amide bonds. The summed E-state index contributed by atoms with van der Waals surface area (Å²) in [6.07, 6.45) is 6.37. The van der Waals surface area contributed by atoms with Gasteiger partial charge in [0, 0.05) is 19.7 Å². The van der Waals surface area contributed by atoms with Crippen molar-refractivity contribution in [1.82, 2.24) is 9.88 Å². The van der Waals surface area contributed by atoms with Crippen molar-refractivity contribution in [2.45, 2.75) is 32.4 Å². The van der Waals surface area contributed by atoms with Gasteiger partial charge in [-0.2, -0.15) is 0 Å². The number of thiophene rings is 1. The van der Waals surface area contributed by atoms with Crippen molar-refractivity contribution >= 4 is 27.5 Å². The van der Waals surface area contributed by atoms with Crippen LogP contribution in [0.1, 0.15) is 30.3 Å². The van der Waals surface area contributed by atoms with Gasteiger partial charge in [0.15, 0.2) is 0 Å². The molecule has 0 aliphatic carbocycles. The van der Waals surface area contributed by atoms with Gasteiger partial charge in [0.05, 0.1) is 16.3 Å². The van der Waals surface area contributed by atoms with Gasteiger partial charge < -0.3 is 14.6 Å². The zero-order valence-electron chi connectivity index (χ0n) is 12.2. The van der Waals surface area contributed by atoms with E-state index in [0.717, 1.165) is 41.9 Å². The van der Waals surface area contributed by atoms with E-state index < -0.39 is 0 Å². The van der Waals surface area contributed by atoms with Crippen molar-refractivity contribution in [3.05, 3.63) is 35.4 Å². The van der Waals surface area contributed by atoms with Crippen molar-refractivity contribution in [1.29, 1.82) is 0 Å². The quantitative estimate of drug-likeness (QED) is 0.862. The van der Waals surface area contributed by atoms with Crippen LogP contribution in [0.15, 0.2) is 29.7 Å². The average Bonchev–Trinajstić information content (AvgIpc) is 3.19. The molecular formula is C16H20N2O2S. The lowest BCUT2D eigenvalue weighted by Crippen LogP contribution is -2.33. The Morgan fingerprint density at radius 2 is 2.52 bits per heavy atom. The van der Waals surface area contributed by atoms with Gasteiger partial charge in [-0.05, 0) is 37.3 Å². The van der Waals surface area contributed by atoms with Crippen LogP contribution in [0.3, 0.4) is 0 Å². The number of fused-ring (bicyclic) bond motifs is 1. The summed E-state index contributed by atoms with van der Waals surface area (Å²) in [6.45, 7) is 4.13. The predicted octanol–water partition coefficient (Wildman–Crippen LogP) is 3.19. The molecule has 3 rings (SSSR count). The van der Waals surface area contributed by atoms with Crippen molar-refractivity contribution < 1.29 is 9.53 Å². The van der Waals surface area contributed by atoms with Crippen molar-refractivity contribution in [2.24, 2.45) is 0 Å². The maximum Gasteiger partial charge on any atom is 0.268 e. The highest BCUT2D eigenvalue weighted by Crippen LogP contribution is 2.25. The molecule has 1 N–H and O–H groups in total. The number of nitrogens with zero attached hydrogens (tertiary/aromatic N) is 1. The van der Waals surface area contributed by atoms with E-state index in [9.17, 15) is 4.79 Å². The van der Waals surface area contributed by atoms with Crippen molar-refractivity contribution in [3.63, 3.8) is 0 Å². The Kier molecular flexibility index (Phi) is 4.41. The summed E-state index contributed by atoms with van der Waals surface area (Å²) in [5, 5.41) is 5.06. The second-order valence-corrected chi connectivity index (χ2v) is 6.17. The number of ether oxygens (including phenoxy) is 1. The zero-order valence-corrected chi connectivity index (χ0v) is 13.0. The number of allylic oxidation sites excluding steroid dienone is 2. The van der Waals surface area contributed by atoms with Gasteiger partial charge in [-0.1, -0.05) is 12.2 Å². The largest absolute Gasteiger partial charge is 0.376 e. The third-order valence-corrected chi connectivity index (χ3v) is 4.65. The van der Waals surface area contributed by atoms with E-state index in [0.29, 0.717) is 6.54 Å². The van der Waals surface area contributed by atoms with E-state index in [-0.39, 0.29) is 12.0 Å². The first-order valence-electron chi connectivity index (χ1n) is 7.37. The molecule has 112 valence electrons. The number of amides is 1. The molecule has 0 bridgehead atoms. The molecule has 0 unspecified atom stereocenters. The standard InChI is InChI=1S/C16H20N2O2S/c1-2-3-7-18-13-6-9-21-15(13)10-14(18)16(19)17-11-12-5-4-8-20-12/h2-3,6,9-10,12H,4-5,7-8,11H2,1H3,(H,17,19)/b3-2+/t12-/m1/s1. The van der Waals surface area contributed by atoms with Crippen LogP contribution in [0.2, 0.25) is 0 Å². The molecule has 1 atom stereocenters. The van der Waals surface area contributed by atoms with Crippen LogP contribution in [-0.2, 0) is 11.3 Å². The molecule has 0 saturated carbocycles. The maximum absolute atomic E-state index is 12.4. The molecule has 1 aliphatic heterocycles. The summed E-state index contributed by atoms with van der Waals surface area (Å²) in [5.41, 5.74) is 1.85. The normalized spacial score (nSPS) is 18.8. The van der Waals surface area contributed by atoms with Crippen LogP contribution in [0.5, 0.6) is 0 Å². The zero-order chi connectivity index (χ0) is 14.7. The van der Waals surface area contributed by atoms with Gasteiger partial charge >= 0.3 is 0 Å². The lowest BCUT2D eigenvalue weighted by Gasteiger charge is -2.12. The number of nitrogens with one attached hydrogen (secondary N) is 1.